The molecule has 0 aliphatic rings. The van der Waals surface area contributed by atoms with E-state index < -0.39 is 0 Å². The fraction of sp³-hybridized carbons (Fsp3) is 0.0930. The first-order valence-corrected chi connectivity index (χ1v) is 31.6. The minimum absolute atomic E-state index is 0.0654. The van der Waals surface area contributed by atoms with Crippen molar-refractivity contribution in [2.45, 2.75) is 52.4 Å². The summed E-state index contributed by atoms with van der Waals surface area (Å²) >= 11 is 0. The lowest BCUT2D eigenvalue weighted by Crippen LogP contribution is -2.15. The van der Waals surface area contributed by atoms with E-state index in [9.17, 15) is 0 Å². The van der Waals surface area contributed by atoms with Gasteiger partial charge in [0.05, 0.1) is 67.2 Å². The van der Waals surface area contributed by atoms with Gasteiger partial charge in [-0.25, -0.2) is 0 Å². The van der Waals surface area contributed by atoms with Gasteiger partial charge < -0.3 is 18.6 Å². The Bertz CT molecular complexity index is 5260. The lowest BCUT2D eigenvalue weighted by molar-refractivity contribution is 0.590. The van der Waals surface area contributed by atoms with Gasteiger partial charge in [0.25, 0.3) is 0 Å². The van der Waals surface area contributed by atoms with Crippen molar-refractivity contribution >= 4 is 110 Å². The highest BCUT2D eigenvalue weighted by Crippen LogP contribution is 2.55. The molecule has 430 valence electrons. The molecule has 4 nitrogen and oxygen atoms in total. The number of benzene rings is 13. The van der Waals surface area contributed by atoms with E-state index in [1.54, 1.807) is 0 Å². The van der Waals surface area contributed by atoms with Gasteiger partial charge in [-0.05, 0) is 117 Å². The number of aromatic nitrogens is 2. The molecule has 0 saturated carbocycles. The zero-order valence-corrected chi connectivity index (χ0v) is 51.5. The molecule has 0 aliphatic carbocycles. The highest BCUT2D eigenvalue weighted by molar-refractivity contribution is 6.32. The van der Waals surface area contributed by atoms with Crippen LogP contribution in [0.2, 0.25) is 0 Å². The minimum Gasteiger partial charge on any atom is -0.309 e. The zero-order chi connectivity index (χ0) is 60.6. The van der Waals surface area contributed by atoms with Crippen molar-refractivity contribution in [1.82, 2.24) is 8.80 Å². The Morgan fingerprint density at radius 1 is 0.233 bits per heavy atom. The molecule has 4 heteroatoms. The standard InChI is InChI=1S/C86H66N4/c1-85(2,3)59-43-47-75(67(51-59)57-31-15-9-16-32-57)87(71-39-23-19-35-61(71)55-27-11-7-12-28-55)77-49-45-63-69-53-80-70(54-79(69)89-73-41-25-21-37-65(73)81(77)83(63)89)64-46-50-78(82-66-38-22-26-42-74(66)90(80)84(64)82)88(72-40-24-20-36-62(72)56-29-13-8-14-30-56)76-48-44-60(86(4,5)6)52-68(76)58-33-17-10-18-34-58/h7-54H,1-6H3. The zero-order valence-electron chi connectivity index (χ0n) is 51.5. The molecule has 0 atom stereocenters. The molecule has 0 bridgehead atoms. The molecule has 0 radical (unpaired) electrons. The third-order valence-corrected chi connectivity index (χ3v) is 19.1. The Kier molecular flexibility index (Phi) is 12.0. The SMILES string of the molecule is CC(C)(C)c1ccc(N(c2ccccc2-c2ccccc2)c2ccc3c4cc5c(cc4n4c6ccccc6c2c34)c2ccc(N(c3ccccc3-c3ccccc3)c3ccc(C(C)(C)C)cc3-c3ccccc3)c3c4ccccc4n5c23)c(-c2ccccc2)c1. The summed E-state index contributed by atoms with van der Waals surface area (Å²) in [6, 6.07) is 109. The first-order valence-electron chi connectivity index (χ1n) is 31.6. The number of para-hydroxylation sites is 4. The van der Waals surface area contributed by atoms with Crippen molar-refractivity contribution in [3.8, 4) is 44.5 Å². The lowest BCUT2D eigenvalue weighted by atomic mass is 9.84. The second-order valence-electron chi connectivity index (χ2n) is 26.4. The van der Waals surface area contributed by atoms with Crippen LogP contribution in [0.25, 0.3) is 121 Å². The highest BCUT2D eigenvalue weighted by Gasteiger charge is 2.32. The molecule has 17 rings (SSSR count). The van der Waals surface area contributed by atoms with Crippen LogP contribution < -0.4 is 9.80 Å². The predicted octanol–water partition coefficient (Wildman–Crippen LogP) is 24.2. The summed E-state index contributed by atoms with van der Waals surface area (Å²) in [5.41, 5.74) is 25.8. The molecule has 13 aromatic carbocycles. The summed E-state index contributed by atoms with van der Waals surface area (Å²) in [5.74, 6) is 0. The van der Waals surface area contributed by atoms with Gasteiger partial charge >= 0.3 is 0 Å². The maximum atomic E-state index is 2.58. The first-order chi connectivity index (χ1) is 44.0. The van der Waals surface area contributed by atoms with Crippen molar-refractivity contribution in [3.05, 3.63) is 302 Å². The predicted molar refractivity (Wildman–Crippen MR) is 384 cm³/mol. The molecule has 0 unspecified atom stereocenters. The van der Waals surface area contributed by atoms with E-state index in [-0.39, 0.29) is 10.8 Å². The van der Waals surface area contributed by atoms with Gasteiger partial charge in [-0.15, -0.1) is 0 Å². The fourth-order valence-electron chi connectivity index (χ4n) is 14.8. The summed E-state index contributed by atoms with van der Waals surface area (Å²) in [5, 5.41) is 9.79. The highest BCUT2D eigenvalue weighted by atomic mass is 15.2. The van der Waals surface area contributed by atoms with Crippen molar-refractivity contribution < 1.29 is 0 Å². The smallest absolute Gasteiger partial charge is 0.0641 e. The van der Waals surface area contributed by atoms with Crippen molar-refractivity contribution in [2.24, 2.45) is 0 Å². The molecule has 0 aliphatic heterocycles. The fourth-order valence-corrected chi connectivity index (χ4v) is 14.8. The lowest BCUT2D eigenvalue weighted by Gasteiger charge is -2.32. The van der Waals surface area contributed by atoms with Gasteiger partial charge in [-0.1, -0.05) is 260 Å². The molecule has 4 aromatic heterocycles. The maximum Gasteiger partial charge on any atom is 0.0641 e. The molecule has 17 aromatic rings. The summed E-state index contributed by atoms with van der Waals surface area (Å²) in [6.45, 7) is 13.9. The quantitative estimate of drug-likeness (QED) is 0.136. The van der Waals surface area contributed by atoms with Crippen LogP contribution in [-0.4, -0.2) is 8.80 Å². The van der Waals surface area contributed by atoms with Gasteiger partial charge in [-0.2, -0.15) is 0 Å². The van der Waals surface area contributed by atoms with Crippen LogP contribution in [0, 0.1) is 0 Å². The normalized spacial score (nSPS) is 12.3. The van der Waals surface area contributed by atoms with Crippen molar-refractivity contribution in [2.75, 3.05) is 9.80 Å². The largest absolute Gasteiger partial charge is 0.309 e. The van der Waals surface area contributed by atoms with Crippen molar-refractivity contribution in [3.63, 3.8) is 0 Å². The van der Waals surface area contributed by atoms with Crippen LogP contribution in [0.15, 0.2) is 291 Å². The molecule has 90 heavy (non-hydrogen) atoms. The van der Waals surface area contributed by atoms with Gasteiger partial charge in [0.15, 0.2) is 0 Å². The van der Waals surface area contributed by atoms with Crippen LogP contribution >= 0.6 is 0 Å². The number of anilines is 6. The Hall–Kier alpha value is -10.9. The molecule has 0 spiro atoms. The molecule has 4 heterocycles. The van der Waals surface area contributed by atoms with E-state index in [2.05, 4.69) is 351 Å². The Balaban J connectivity index is 0.948. The Morgan fingerprint density at radius 2 is 0.544 bits per heavy atom. The molecular formula is C86H66N4. The molecule has 0 saturated heterocycles. The summed E-state index contributed by atoms with van der Waals surface area (Å²) in [4.78, 5) is 5.13. The van der Waals surface area contributed by atoms with Crippen LogP contribution in [0.4, 0.5) is 34.1 Å². The average molecular weight is 1160 g/mol. The van der Waals surface area contributed by atoms with Crippen LogP contribution in [-0.2, 0) is 10.8 Å². The molecule has 0 fully saturated rings. The van der Waals surface area contributed by atoms with Gasteiger partial charge in [-0.3, -0.25) is 0 Å². The monoisotopic (exact) mass is 1150 g/mol. The third-order valence-electron chi connectivity index (χ3n) is 19.1. The number of hydrogen-bond acceptors (Lipinski definition) is 2. The average Bonchev–Trinajstić information content (AvgIpc) is 1.51. The minimum atomic E-state index is -0.0654. The van der Waals surface area contributed by atoms with E-state index >= 15 is 0 Å². The van der Waals surface area contributed by atoms with E-state index in [0.717, 1.165) is 34.1 Å². The molecular weight excluding hydrogens is 1090 g/mol. The molecule has 0 N–H and O–H groups in total. The van der Waals surface area contributed by atoms with E-state index in [4.69, 9.17) is 0 Å². The first kappa shape index (κ1) is 53.3. The summed E-state index contributed by atoms with van der Waals surface area (Å²) in [6.07, 6.45) is 0. The molecule has 0 amide bonds. The number of fused-ring (bicyclic) bond motifs is 12. The Labute approximate surface area is 525 Å². The Morgan fingerprint density at radius 3 is 0.922 bits per heavy atom. The second-order valence-corrected chi connectivity index (χ2v) is 26.4. The summed E-state index contributed by atoms with van der Waals surface area (Å²) in [7, 11) is 0. The van der Waals surface area contributed by atoms with Gasteiger partial charge in [0, 0.05) is 65.3 Å². The second kappa shape index (κ2) is 20.3. The van der Waals surface area contributed by atoms with E-state index in [1.807, 2.05) is 0 Å². The van der Waals surface area contributed by atoms with Crippen LogP contribution in [0.5, 0.6) is 0 Å². The third kappa shape index (κ3) is 8.21. The van der Waals surface area contributed by atoms with Gasteiger partial charge in [0.1, 0.15) is 0 Å². The van der Waals surface area contributed by atoms with Crippen molar-refractivity contribution in [1.29, 1.82) is 0 Å². The maximum absolute atomic E-state index is 2.58. The van der Waals surface area contributed by atoms with E-state index in [0.29, 0.717) is 0 Å². The number of nitrogens with zero attached hydrogens (tertiary/aromatic N) is 4. The number of hydrogen-bond donors (Lipinski definition) is 0. The van der Waals surface area contributed by atoms with Crippen LogP contribution in [0.3, 0.4) is 0 Å². The summed E-state index contributed by atoms with van der Waals surface area (Å²) < 4.78 is 5.15. The van der Waals surface area contributed by atoms with E-state index in [1.165, 1.54) is 132 Å². The van der Waals surface area contributed by atoms with Gasteiger partial charge in [0.2, 0.25) is 0 Å². The van der Waals surface area contributed by atoms with Crippen LogP contribution in [0.1, 0.15) is 52.7 Å². The number of rotatable bonds is 10. The topological polar surface area (TPSA) is 15.3 Å².